The van der Waals surface area contributed by atoms with Crippen molar-refractivity contribution in [1.29, 1.82) is 0 Å². The van der Waals surface area contributed by atoms with E-state index in [0.717, 1.165) is 25.0 Å². The van der Waals surface area contributed by atoms with E-state index in [1.165, 1.54) is 65.3 Å². The lowest BCUT2D eigenvalue weighted by Crippen LogP contribution is -2.23. The minimum atomic E-state index is -0.855. The molecule has 1 unspecified atom stereocenters. The van der Waals surface area contributed by atoms with Gasteiger partial charge >= 0.3 is 5.97 Å². The lowest BCUT2D eigenvalue weighted by Gasteiger charge is -2.29. The number of hydrogen-bond donors (Lipinski definition) is 1. The Hall–Kier alpha value is -3.01. The van der Waals surface area contributed by atoms with Crippen molar-refractivity contribution in [3.05, 3.63) is 59.7 Å². The standard InChI is InChI=1S/C31H36N2O2/c1-20-17-31(2,3)19-33-26-16-23(30(34)35)13-14-24(26)28(21-9-5-4-6-10-21)29(33)27-15-22-11-7-8-12-25(22)32(27)18-20/h7-8,11-16,20-21H,4-6,9-10,17-19H2,1-3H3,(H,34,35). The molecule has 3 heterocycles. The summed E-state index contributed by atoms with van der Waals surface area (Å²) in [6.07, 6.45) is 7.42. The Morgan fingerprint density at radius 2 is 1.74 bits per heavy atom. The number of aromatic nitrogens is 2. The fraction of sp³-hybridized carbons (Fsp3) is 0.452. The van der Waals surface area contributed by atoms with Crippen LogP contribution in [0.15, 0.2) is 48.5 Å². The van der Waals surface area contributed by atoms with Crippen molar-refractivity contribution in [2.24, 2.45) is 11.3 Å². The molecule has 1 atom stereocenters. The molecular formula is C31H36N2O2. The molecule has 2 aliphatic rings. The Morgan fingerprint density at radius 1 is 0.971 bits per heavy atom. The van der Waals surface area contributed by atoms with Gasteiger partial charge in [-0.2, -0.15) is 0 Å². The molecule has 35 heavy (non-hydrogen) atoms. The van der Waals surface area contributed by atoms with Crippen LogP contribution in [-0.2, 0) is 13.1 Å². The summed E-state index contributed by atoms with van der Waals surface area (Å²) in [5.41, 5.74) is 6.93. The van der Waals surface area contributed by atoms with Gasteiger partial charge in [0.15, 0.2) is 0 Å². The Morgan fingerprint density at radius 3 is 2.51 bits per heavy atom. The Kier molecular flexibility index (Phi) is 5.32. The Labute approximate surface area is 207 Å². The van der Waals surface area contributed by atoms with Gasteiger partial charge < -0.3 is 14.2 Å². The van der Waals surface area contributed by atoms with Gasteiger partial charge in [-0.15, -0.1) is 0 Å². The van der Waals surface area contributed by atoms with Crippen molar-refractivity contribution in [1.82, 2.24) is 9.13 Å². The molecule has 1 aliphatic heterocycles. The van der Waals surface area contributed by atoms with E-state index >= 15 is 0 Å². The summed E-state index contributed by atoms with van der Waals surface area (Å²) < 4.78 is 5.05. The van der Waals surface area contributed by atoms with Crippen LogP contribution in [0.1, 0.15) is 81.1 Å². The number of fused-ring (bicyclic) bond motifs is 7. The van der Waals surface area contributed by atoms with Crippen LogP contribution in [0.3, 0.4) is 0 Å². The second-order valence-electron chi connectivity index (χ2n) is 11.9. The van der Waals surface area contributed by atoms with E-state index in [1.807, 2.05) is 6.07 Å². The van der Waals surface area contributed by atoms with Crippen molar-refractivity contribution in [2.45, 2.75) is 78.3 Å². The van der Waals surface area contributed by atoms with Crippen molar-refractivity contribution in [3.63, 3.8) is 0 Å². The quantitative estimate of drug-likeness (QED) is 0.323. The summed E-state index contributed by atoms with van der Waals surface area (Å²) in [5.74, 6) is 0.209. The van der Waals surface area contributed by atoms with E-state index in [4.69, 9.17) is 0 Å². The summed E-state index contributed by atoms with van der Waals surface area (Å²) in [6, 6.07) is 17.0. The molecule has 2 aromatic heterocycles. The number of rotatable bonds is 2. The van der Waals surface area contributed by atoms with E-state index in [2.05, 4.69) is 66.3 Å². The van der Waals surface area contributed by atoms with Gasteiger partial charge in [-0.05, 0) is 66.3 Å². The molecular weight excluding hydrogens is 432 g/mol. The third kappa shape index (κ3) is 3.78. The van der Waals surface area contributed by atoms with Crippen molar-refractivity contribution < 1.29 is 9.90 Å². The molecule has 1 aliphatic carbocycles. The van der Waals surface area contributed by atoms with Crippen LogP contribution in [0.5, 0.6) is 0 Å². The molecule has 0 radical (unpaired) electrons. The maximum Gasteiger partial charge on any atom is 0.335 e. The molecule has 4 nitrogen and oxygen atoms in total. The van der Waals surface area contributed by atoms with Gasteiger partial charge in [-0.25, -0.2) is 4.79 Å². The van der Waals surface area contributed by atoms with Gasteiger partial charge in [-0.3, -0.25) is 0 Å². The zero-order valence-corrected chi connectivity index (χ0v) is 21.2. The lowest BCUT2D eigenvalue weighted by molar-refractivity contribution is 0.0697. The first-order valence-corrected chi connectivity index (χ1v) is 13.3. The molecule has 4 aromatic rings. The maximum atomic E-state index is 12.0. The van der Waals surface area contributed by atoms with Gasteiger partial charge in [0.2, 0.25) is 0 Å². The number of carbonyl (C=O) groups is 1. The summed E-state index contributed by atoms with van der Waals surface area (Å²) in [5, 5.41) is 12.4. The predicted molar refractivity (Wildman–Crippen MR) is 143 cm³/mol. The van der Waals surface area contributed by atoms with Crippen LogP contribution in [0.4, 0.5) is 0 Å². The highest BCUT2D eigenvalue weighted by Gasteiger charge is 2.33. The monoisotopic (exact) mass is 468 g/mol. The van der Waals surface area contributed by atoms with Gasteiger partial charge in [0, 0.05) is 34.9 Å². The van der Waals surface area contributed by atoms with Crippen LogP contribution in [0, 0.1) is 11.3 Å². The molecule has 1 fully saturated rings. The average molecular weight is 469 g/mol. The van der Waals surface area contributed by atoms with E-state index in [9.17, 15) is 9.90 Å². The van der Waals surface area contributed by atoms with Gasteiger partial charge in [0.1, 0.15) is 0 Å². The van der Waals surface area contributed by atoms with Crippen LogP contribution in [-0.4, -0.2) is 20.2 Å². The number of carboxylic acid groups (broad SMARTS) is 1. The Bertz CT molecular complexity index is 1430. The number of hydrogen-bond acceptors (Lipinski definition) is 1. The van der Waals surface area contributed by atoms with Crippen molar-refractivity contribution in [2.75, 3.05) is 0 Å². The molecule has 4 heteroatoms. The summed E-state index contributed by atoms with van der Waals surface area (Å²) in [6.45, 7) is 9.01. The van der Waals surface area contributed by atoms with Crippen molar-refractivity contribution in [3.8, 4) is 11.4 Å². The van der Waals surface area contributed by atoms with Crippen LogP contribution < -0.4 is 0 Å². The summed E-state index contributed by atoms with van der Waals surface area (Å²) in [7, 11) is 0. The van der Waals surface area contributed by atoms with E-state index < -0.39 is 5.97 Å². The minimum absolute atomic E-state index is 0.100. The molecule has 6 rings (SSSR count). The fourth-order valence-corrected chi connectivity index (χ4v) is 7.17. The molecule has 0 bridgehead atoms. The Balaban J connectivity index is 1.74. The number of carboxylic acids is 1. The van der Waals surface area contributed by atoms with Crippen molar-refractivity contribution >= 4 is 27.8 Å². The second-order valence-corrected chi connectivity index (χ2v) is 11.9. The zero-order chi connectivity index (χ0) is 24.3. The highest BCUT2D eigenvalue weighted by molar-refractivity contribution is 5.99. The first-order valence-electron chi connectivity index (χ1n) is 13.3. The first kappa shape index (κ1) is 22.5. The highest BCUT2D eigenvalue weighted by atomic mass is 16.4. The SMILES string of the molecule is CC1Cn2c(cc3ccccc32)-c2c(C3CCCCC3)c3ccc(C(=O)O)cc3n2CC(C)(C)C1. The molecule has 2 aromatic carbocycles. The van der Waals surface area contributed by atoms with Gasteiger partial charge in [0.05, 0.1) is 17.0 Å². The predicted octanol–water partition coefficient (Wildman–Crippen LogP) is 8.07. The molecule has 182 valence electrons. The maximum absolute atomic E-state index is 12.0. The van der Waals surface area contributed by atoms with Crippen LogP contribution >= 0.6 is 0 Å². The average Bonchev–Trinajstić information content (AvgIpc) is 3.34. The number of para-hydroxylation sites is 1. The molecule has 0 saturated heterocycles. The minimum Gasteiger partial charge on any atom is -0.478 e. The lowest BCUT2D eigenvalue weighted by atomic mass is 9.82. The molecule has 0 amide bonds. The molecule has 1 saturated carbocycles. The first-order chi connectivity index (χ1) is 16.8. The molecule has 1 N–H and O–H groups in total. The smallest absolute Gasteiger partial charge is 0.335 e. The van der Waals surface area contributed by atoms with E-state index in [-0.39, 0.29) is 5.41 Å². The van der Waals surface area contributed by atoms with Gasteiger partial charge in [-0.1, -0.05) is 64.3 Å². The normalized spacial score (nSPS) is 20.7. The summed E-state index contributed by atoms with van der Waals surface area (Å²) in [4.78, 5) is 12.0. The van der Waals surface area contributed by atoms with E-state index in [1.54, 1.807) is 6.07 Å². The molecule has 0 spiro atoms. The largest absolute Gasteiger partial charge is 0.478 e. The third-order valence-electron chi connectivity index (χ3n) is 8.40. The van der Waals surface area contributed by atoms with Crippen LogP contribution in [0.2, 0.25) is 0 Å². The number of benzene rings is 2. The zero-order valence-electron chi connectivity index (χ0n) is 21.2. The number of aromatic carboxylic acids is 1. The second kappa shape index (κ2) is 8.29. The van der Waals surface area contributed by atoms with E-state index in [0.29, 0.717) is 17.4 Å². The third-order valence-corrected chi connectivity index (χ3v) is 8.40. The number of nitrogens with zero attached hydrogens (tertiary/aromatic N) is 2. The highest BCUT2D eigenvalue weighted by Crippen LogP contribution is 2.47. The van der Waals surface area contributed by atoms with Crippen LogP contribution in [0.25, 0.3) is 33.2 Å². The topological polar surface area (TPSA) is 47.2 Å². The summed E-state index contributed by atoms with van der Waals surface area (Å²) >= 11 is 0. The fourth-order valence-electron chi connectivity index (χ4n) is 7.17. The van der Waals surface area contributed by atoms with Gasteiger partial charge in [0.25, 0.3) is 0 Å².